The Bertz CT molecular complexity index is 1540. The van der Waals surface area contributed by atoms with Crippen molar-refractivity contribution in [3.8, 4) is 5.75 Å². The first kappa shape index (κ1) is 22.8. The van der Waals surface area contributed by atoms with Crippen molar-refractivity contribution >= 4 is 39.9 Å². The number of hydrogen-bond acceptors (Lipinski definition) is 6. The van der Waals surface area contributed by atoms with E-state index in [1.165, 1.54) is 18.1 Å². The number of halogens is 1. The van der Waals surface area contributed by atoms with Crippen molar-refractivity contribution in [2.24, 2.45) is 0 Å². The van der Waals surface area contributed by atoms with Crippen LogP contribution in [0.15, 0.2) is 82.0 Å². The van der Waals surface area contributed by atoms with Crippen LogP contribution >= 0.6 is 11.6 Å². The number of amides is 1. The molecule has 1 aromatic heterocycles. The zero-order chi connectivity index (χ0) is 24.7. The van der Waals surface area contributed by atoms with E-state index in [-0.39, 0.29) is 23.3 Å². The van der Waals surface area contributed by atoms with Crippen molar-refractivity contribution in [3.63, 3.8) is 0 Å². The first-order chi connectivity index (χ1) is 16.8. The topological polar surface area (TPSA) is 97.0 Å². The van der Waals surface area contributed by atoms with Gasteiger partial charge in [-0.2, -0.15) is 0 Å². The van der Waals surface area contributed by atoms with Crippen molar-refractivity contribution in [2.45, 2.75) is 18.6 Å². The predicted molar refractivity (Wildman–Crippen MR) is 131 cm³/mol. The first-order valence-electron chi connectivity index (χ1n) is 10.8. The Kier molecular flexibility index (Phi) is 5.67. The minimum atomic E-state index is -2.15. The number of methoxy groups -OCH3 is 1. The fourth-order valence-corrected chi connectivity index (χ4v) is 4.63. The van der Waals surface area contributed by atoms with Crippen molar-refractivity contribution in [2.75, 3.05) is 12.0 Å². The van der Waals surface area contributed by atoms with Crippen LogP contribution in [0.2, 0.25) is 5.02 Å². The van der Waals surface area contributed by atoms with E-state index in [0.29, 0.717) is 27.4 Å². The Morgan fingerprint density at radius 3 is 2.57 bits per heavy atom. The fourth-order valence-electron chi connectivity index (χ4n) is 4.43. The first-order valence-corrected chi connectivity index (χ1v) is 11.2. The molecule has 5 rings (SSSR count). The smallest absolute Gasteiger partial charge is 0.347 e. The minimum Gasteiger partial charge on any atom is -0.493 e. The highest BCUT2D eigenvalue weighted by Crippen LogP contribution is 2.44. The highest BCUT2D eigenvalue weighted by molar-refractivity contribution is 6.31. The summed E-state index contributed by atoms with van der Waals surface area (Å²) in [5.41, 5.74) is -1.61. The van der Waals surface area contributed by atoms with Gasteiger partial charge in [0.25, 0.3) is 5.91 Å². The van der Waals surface area contributed by atoms with Crippen molar-refractivity contribution in [1.29, 1.82) is 0 Å². The van der Waals surface area contributed by atoms with Gasteiger partial charge >= 0.3 is 5.63 Å². The molecule has 4 aromatic rings. The van der Waals surface area contributed by atoms with Crippen LogP contribution < -0.4 is 15.3 Å². The Labute approximate surface area is 205 Å². The van der Waals surface area contributed by atoms with Gasteiger partial charge in [0, 0.05) is 16.0 Å². The number of ketones is 1. The SMILES string of the molecule is COc1cccc2cc(C(=O)C[C@@]3(O)C(=O)N(Cc4ccccc4Cl)c4ccccc43)c(=O)oc12. The summed E-state index contributed by atoms with van der Waals surface area (Å²) in [4.78, 5) is 40.8. The lowest BCUT2D eigenvalue weighted by Crippen LogP contribution is -2.42. The second-order valence-electron chi connectivity index (χ2n) is 8.29. The Morgan fingerprint density at radius 2 is 1.80 bits per heavy atom. The molecule has 176 valence electrons. The monoisotopic (exact) mass is 489 g/mol. The van der Waals surface area contributed by atoms with Crippen LogP contribution in [0.1, 0.15) is 27.9 Å². The van der Waals surface area contributed by atoms with Crippen molar-refractivity contribution in [1.82, 2.24) is 0 Å². The molecule has 7 nitrogen and oxygen atoms in total. The number of Topliss-reactive ketones (excluding diaryl/α,β-unsaturated/α-hetero) is 1. The van der Waals surface area contributed by atoms with Crippen molar-refractivity contribution < 1.29 is 23.8 Å². The van der Waals surface area contributed by atoms with Crippen LogP contribution in [0.3, 0.4) is 0 Å². The Hall–Kier alpha value is -3.94. The molecule has 0 saturated carbocycles. The normalized spacial score (nSPS) is 17.0. The Balaban J connectivity index is 1.52. The summed E-state index contributed by atoms with van der Waals surface area (Å²) in [7, 11) is 1.45. The molecule has 1 aliphatic rings. The van der Waals surface area contributed by atoms with Gasteiger partial charge in [-0.1, -0.05) is 60.1 Å². The predicted octanol–water partition coefficient (Wildman–Crippen LogP) is 4.46. The largest absolute Gasteiger partial charge is 0.493 e. The second-order valence-corrected chi connectivity index (χ2v) is 8.69. The molecule has 35 heavy (non-hydrogen) atoms. The van der Waals surface area contributed by atoms with E-state index in [2.05, 4.69) is 0 Å². The molecule has 1 N–H and O–H groups in total. The molecule has 1 atom stereocenters. The van der Waals surface area contributed by atoms with E-state index in [9.17, 15) is 19.5 Å². The summed E-state index contributed by atoms with van der Waals surface area (Å²) < 4.78 is 10.6. The van der Waals surface area contributed by atoms with Gasteiger partial charge in [0.15, 0.2) is 22.7 Å². The molecule has 0 radical (unpaired) electrons. The van der Waals surface area contributed by atoms with Crippen LogP contribution in [0.4, 0.5) is 5.69 Å². The molecule has 0 unspecified atom stereocenters. The van der Waals surface area contributed by atoms with Crippen molar-refractivity contribution in [3.05, 3.63) is 105 Å². The van der Waals surface area contributed by atoms with E-state index in [1.807, 2.05) is 0 Å². The summed E-state index contributed by atoms with van der Waals surface area (Å²) in [6.07, 6.45) is -0.623. The number of carbonyl (C=O) groups is 2. The van der Waals surface area contributed by atoms with Crippen LogP contribution in [-0.4, -0.2) is 23.9 Å². The fraction of sp³-hybridized carbons (Fsp3) is 0.148. The summed E-state index contributed by atoms with van der Waals surface area (Å²) >= 11 is 6.29. The molecule has 0 bridgehead atoms. The van der Waals surface area contributed by atoms with Gasteiger partial charge in [0.2, 0.25) is 0 Å². The van der Waals surface area contributed by atoms with Gasteiger partial charge in [-0.15, -0.1) is 0 Å². The number of aliphatic hydroxyl groups is 1. The highest BCUT2D eigenvalue weighted by Gasteiger charge is 2.51. The summed E-state index contributed by atoms with van der Waals surface area (Å²) in [6, 6.07) is 20.2. The van der Waals surface area contributed by atoms with Gasteiger partial charge in [0.1, 0.15) is 5.56 Å². The van der Waals surface area contributed by atoms with Crippen LogP contribution in [0, 0.1) is 0 Å². The molecule has 3 aromatic carbocycles. The molecule has 0 spiro atoms. The zero-order valence-electron chi connectivity index (χ0n) is 18.7. The summed E-state index contributed by atoms with van der Waals surface area (Å²) in [5.74, 6) is -1.03. The van der Waals surface area contributed by atoms with Gasteiger partial charge in [0.05, 0.1) is 25.8 Å². The maximum Gasteiger partial charge on any atom is 0.347 e. The number of nitrogens with zero attached hydrogens (tertiary/aromatic N) is 1. The zero-order valence-corrected chi connectivity index (χ0v) is 19.4. The van der Waals surface area contributed by atoms with E-state index in [4.69, 9.17) is 20.8 Å². The number of hydrogen-bond donors (Lipinski definition) is 1. The average molecular weight is 490 g/mol. The maximum atomic E-state index is 13.5. The molecule has 0 saturated heterocycles. The minimum absolute atomic E-state index is 0.115. The molecule has 1 aliphatic heterocycles. The molecule has 8 heteroatoms. The lowest BCUT2D eigenvalue weighted by Gasteiger charge is -2.23. The van der Waals surface area contributed by atoms with E-state index in [0.717, 1.165) is 0 Å². The quantitative estimate of drug-likeness (QED) is 0.317. The molecule has 0 aliphatic carbocycles. The number of anilines is 1. The number of benzene rings is 3. The second kappa shape index (κ2) is 8.69. The molecular formula is C27H20ClNO6. The molecule has 2 heterocycles. The van der Waals surface area contributed by atoms with Gasteiger partial charge in [-0.3, -0.25) is 9.59 Å². The van der Waals surface area contributed by atoms with E-state index >= 15 is 0 Å². The molecule has 1 amide bonds. The molecular weight excluding hydrogens is 470 g/mol. The third kappa shape index (κ3) is 3.79. The molecule has 0 fully saturated rings. The lowest BCUT2D eigenvalue weighted by atomic mass is 9.88. The van der Waals surface area contributed by atoms with Gasteiger partial charge < -0.3 is 19.2 Å². The van der Waals surface area contributed by atoms with Crippen LogP contribution in [-0.2, 0) is 16.9 Å². The lowest BCUT2D eigenvalue weighted by molar-refractivity contribution is -0.136. The number of rotatable bonds is 6. The third-order valence-electron chi connectivity index (χ3n) is 6.19. The number of carbonyl (C=O) groups excluding carboxylic acids is 2. The standard InChI is InChI=1S/C27H20ClNO6/c1-34-23-12-6-8-16-13-18(25(31)35-24(16)23)22(30)14-27(33)19-9-3-5-11-21(19)29(26(27)32)15-17-7-2-4-10-20(17)28/h2-13,33H,14-15H2,1H3/t27-/m0/s1. The highest BCUT2D eigenvalue weighted by atomic mass is 35.5. The summed E-state index contributed by atoms with van der Waals surface area (Å²) in [6.45, 7) is 0.115. The van der Waals surface area contributed by atoms with E-state index < -0.39 is 29.3 Å². The average Bonchev–Trinajstić information content (AvgIpc) is 3.06. The summed E-state index contributed by atoms with van der Waals surface area (Å²) in [5, 5.41) is 12.5. The van der Waals surface area contributed by atoms with Gasteiger partial charge in [-0.25, -0.2) is 4.79 Å². The van der Waals surface area contributed by atoms with Gasteiger partial charge in [-0.05, 0) is 29.8 Å². The number of para-hydroxylation sites is 2. The number of ether oxygens (including phenoxy) is 1. The third-order valence-corrected chi connectivity index (χ3v) is 6.55. The van der Waals surface area contributed by atoms with E-state index in [1.54, 1.807) is 66.7 Å². The van der Waals surface area contributed by atoms with Crippen LogP contribution in [0.25, 0.3) is 11.0 Å². The Morgan fingerprint density at radius 1 is 1.06 bits per heavy atom. The van der Waals surface area contributed by atoms with Crippen LogP contribution in [0.5, 0.6) is 5.75 Å². The number of fused-ring (bicyclic) bond motifs is 2. The maximum absolute atomic E-state index is 13.5.